The maximum atomic E-state index is 11.8. The van der Waals surface area contributed by atoms with Gasteiger partial charge in [0, 0.05) is 43.7 Å². The lowest BCUT2D eigenvalue weighted by atomic mass is 10.2. The summed E-state index contributed by atoms with van der Waals surface area (Å²) < 4.78 is 10.5. The Balaban J connectivity index is 1.74. The molecule has 0 unspecified atom stereocenters. The number of nitrogens with zero attached hydrogens (tertiary/aromatic N) is 1. The molecule has 122 valence electrons. The molecule has 2 aromatic rings. The Labute approximate surface area is 135 Å². The van der Waals surface area contributed by atoms with E-state index in [0.29, 0.717) is 25.2 Å². The van der Waals surface area contributed by atoms with Crippen LogP contribution in [0.15, 0.2) is 42.7 Å². The summed E-state index contributed by atoms with van der Waals surface area (Å²) in [6.07, 6.45) is 3.19. The van der Waals surface area contributed by atoms with Gasteiger partial charge in [-0.2, -0.15) is 0 Å². The summed E-state index contributed by atoms with van der Waals surface area (Å²) in [7, 11) is 3.25. The van der Waals surface area contributed by atoms with Crippen molar-refractivity contribution in [1.82, 2.24) is 15.6 Å². The first-order valence-corrected chi connectivity index (χ1v) is 7.34. The lowest BCUT2D eigenvalue weighted by Crippen LogP contribution is -2.31. The van der Waals surface area contributed by atoms with Crippen LogP contribution in [-0.4, -0.2) is 38.2 Å². The molecule has 2 N–H and O–H groups in total. The van der Waals surface area contributed by atoms with E-state index >= 15 is 0 Å². The van der Waals surface area contributed by atoms with Crippen LogP contribution in [-0.2, 0) is 6.54 Å². The minimum Gasteiger partial charge on any atom is -0.497 e. The second-order valence-corrected chi connectivity index (χ2v) is 4.85. The van der Waals surface area contributed by atoms with Gasteiger partial charge in [-0.3, -0.25) is 9.78 Å². The van der Waals surface area contributed by atoms with Crippen LogP contribution in [0.4, 0.5) is 0 Å². The van der Waals surface area contributed by atoms with Gasteiger partial charge in [0.2, 0.25) is 0 Å². The zero-order chi connectivity index (χ0) is 16.5. The van der Waals surface area contributed by atoms with Crippen molar-refractivity contribution >= 4 is 5.91 Å². The van der Waals surface area contributed by atoms with Crippen molar-refractivity contribution in [3.63, 3.8) is 0 Å². The topological polar surface area (TPSA) is 72.5 Å². The van der Waals surface area contributed by atoms with Crippen molar-refractivity contribution < 1.29 is 14.3 Å². The molecule has 0 aliphatic heterocycles. The monoisotopic (exact) mass is 315 g/mol. The lowest BCUT2D eigenvalue weighted by molar-refractivity contribution is 0.0953. The van der Waals surface area contributed by atoms with Gasteiger partial charge < -0.3 is 20.1 Å². The van der Waals surface area contributed by atoms with Gasteiger partial charge in [-0.15, -0.1) is 0 Å². The number of amides is 1. The molecule has 1 amide bonds. The summed E-state index contributed by atoms with van der Waals surface area (Å²) in [6, 6.07) is 9.17. The smallest absolute Gasteiger partial charge is 0.252 e. The Bertz CT molecular complexity index is 632. The normalized spacial score (nSPS) is 10.2. The fraction of sp³-hybridized carbons (Fsp3) is 0.294. The third kappa shape index (κ3) is 4.96. The number of rotatable bonds is 8. The Morgan fingerprint density at radius 3 is 2.74 bits per heavy atom. The molecule has 6 heteroatoms. The van der Waals surface area contributed by atoms with Crippen molar-refractivity contribution in [2.75, 3.05) is 27.3 Å². The molecular weight excluding hydrogens is 294 g/mol. The number of hydrogen-bond donors (Lipinski definition) is 2. The standard InChI is InChI=1S/C17H21N3O3/c1-22-15-6-5-13(16(10-15)23-2)11-19-8-9-20-17(21)14-4-3-7-18-12-14/h3-7,10,12,19H,8-9,11H2,1-2H3,(H,20,21). The van der Waals surface area contributed by atoms with Gasteiger partial charge in [-0.05, 0) is 18.2 Å². The molecule has 0 spiro atoms. The van der Waals surface area contributed by atoms with Gasteiger partial charge in [0.15, 0.2) is 0 Å². The average molecular weight is 315 g/mol. The van der Waals surface area contributed by atoms with Crippen molar-refractivity contribution in [3.05, 3.63) is 53.9 Å². The molecule has 6 nitrogen and oxygen atoms in total. The SMILES string of the molecule is COc1ccc(CNCCNC(=O)c2cccnc2)c(OC)c1. The molecule has 0 bridgehead atoms. The molecule has 2 rings (SSSR count). The number of carbonyl (C=O) groups is 1. The van der Waals surface area contributed by atoms with Crippen LogP contribution < -0.4 is 20.1 Å². The van der Waals surface area contributed by atoms with Crippen molar-refractivity contribution in [1.29, 1.82) is 0 Å². The highest BCUT2D eigenvalue weighted by atomic mass is 16.5. The van der Waals surface area contributed by atoms with Crippen molar-refractivity contribution in [3.8, 4) is 11.5 Å². The Morgan fingerprint density at radius 2 is 2.04 bits per heavy atom. The number of methoxy groups -OCH3 is 2. The molecule has 0 radical (unpaired) electrons. The quantitative estimate of drug-likeness (QED) is 0.724. The number of aromatic nitrogens is 1. The maximum absolute atomic E-state index is 11.8. The number of carbonyl (C=O) groups excluding carboxylic acids is 1. The average Bonchev–Trinajstić information content (AvgIpc) is 2.62. The summed E-state index contributed by atoms with van der Waals surface area (Å²) >= 11 is 0. The molecule has 0 aliphatic carbocycles. The fourth-order valence-electron chi connectivity index (χ4n) is 2.08. The van der Waals surface area contributed by atoms with Crippen LogP contribution in [0.2, 0.25) is 0 Å². The number of ether oxygens (including phenoxy) is 2. The van der Waals surface area contributed by atoms with Gasteiger partial charge in [-0.1, -0.05) is 6.07 Å². The highest BCUT2D eigenvalue weighted by Crippen LogP contribution is 2.24. The van der Waals surface area contributed by atoms with Crippen LogP contribution >= 0.6 is 0 Å². The molecule has 1 aromatic heterocycles. The third-order valence-corrected chi connectivity index (χ3v) is 3.32. The zero-order valence-electron chi connectivity index (χ0n) is 13.3. The van der Waals surface area contributed by atoms with E-state index in [0.717, 1.165) is 17.1 Å². The Hall–Kier alpha value is -2.60. The van der Waals surface area contributed by atoms with Crippen LogP contribution in [0.5, 0.6) is 11.5 Å². The van der Waals surface area contributed by atoms with E-state index in [1.54, 1.807) is 38.7 Å². The van der Waals surface area contributed by atoms with Crippen molar-refractivity contribution in [2.24, 2.45) is 0 Å². The first kappa shape index (κ1) is 16.8. The largest absolute Gasteiger partial charge is 0.497 e. The van der Waals surface area contributed by atoms with Crippen LogP contribution in [0.25, 0.3) is 0 Å². The number of hydrogen-bond acceptors (Lipinski definition) is 5. The first-order chi connectivity index (χ1) is 11.2. The zero-order valence-corrected chi connectivity index (χ0v) is 13.3. The van der Waals surface area contributed by atoms with Gasteiger partial charge >= 0.3 is 0 Å². The molecule has 0 saturated heterocycles. The number of pyridine rings is 1. The van der Waals surface area contributed by atoms with Gasteiger partial charge in [0.1, 0.15) is 11.5 Å². The minimum absolute atomic E-state index is 0.123. The summed E-state index contributed by atoms with van der Waals surface area (Å²) in [5.74, 6) is 1.41. The first-order valence-electron chi connectivity index (χ1n) is 7.34. The van der Waals surface area contributed by atoms with Crippen LogP contribution in [0, 0.1) is 0 Å². The molecule has 1 heterocycles. The van der Waals surface area contributed by atoms with E-state index in [4.69, 9.17) is 9.47 Å². The molecule has 0 atom stereocenters. The molecule has 23 heavy (non-hydrogen) atoms. The highest BCUT2D eigenvalue weighted by Gasteiger charge is 2.06. The molecule has 0 fully saturated rings. The van der Waals surface area contributed by atoms with Gasteiger partial charge in [0.25, 0.3) is 5.91 Å². The second kappa shape index (κ2) is 8.75. The number of benzene rings is 1. The fourth-order valence-corrected chi connectivity index (χ4v) is 2.08. The van der Waals surface area contributed by atoms with E-state index in [1.165, 1.54) is 0 Å². The van der Waals surface area contributed by atoms with E-state index in [2.05, 4.69) is 15.6 Å². The maximum Gasteiger partial charge on any atom is 0.252 e. The third-order valence-electron chi connectivity index (χ3n) is 3.32. The van der Waals surface area contributed by atoms with Crippen molar-refractivity contribution in [2.45, 2.75) is 6.54 Å². The Kier molecular flexibility index (Phi) is 6.38. The van der Waals surface area contributed by atoms with E-state index in [9.17, 15) is 4.79 Å². The summed E-state index contributed by atoms with van der Waals surface area (Å²) in [5.41, 5.74) is 1.59. The summed E-state index contributed by atoms with van der Waals surface area (Å²) in [6.45, 7) is 1.84. The predicted molar refractivity (Wildman–Crippen MR) is 87.8 cm³/mol. The lowest BCUT2D eigenvalue weighted by Gasteiger charge is -2.11. The summed E-state index contributed by atoms with van der Waals surface area (Å²) in [4.78, 5) is 15.8. The van der Waals surface area contributed by atoms with E-state index < -0.39 is 0 Å². The molecule has 0 aliphatic rings. The minimum atomic E-state index is -0.123. The second-order valence-electron chi connectivity index (χ2n) is 4.85. The Morgan fingerprint density at radius 1 is 1.17 bits per heavy atom. The number of nitrogens with one attached hydrogen (secondary N) is 2. The molecular formula is C17H21N3O3. The molecule has 0 saturated carbocycles. The predicted octanol–water partition coefficient (Wildman–Crippen LogP) is 1.62. The molecule has 1 aromatic carbocycles. The van der Waals surface area contributed by atoms with E-state index in [1.807, 2.05) is 18.2 Å². The van der Waals surface area contributed by atoms with Gasteiger partial charge in [-0.25, -0.2) is 0 Å². The summed E-state index contributed by atoms with van der Waals surface area (Å²) in [5, 5.41) is 6.11. The van der Waals surface area contributed by atoms with Gasteiger partial charge in [0.05, 0.1) is 19.8 Å². The van der Waals surface area contributed by atoms with E-state index in [-0.39, 0.29) is 5.91 Å². The highest BCUT2D eigenvalue weighted by molar-refractivity contribution is 5.93. The van der Waals surface area contributed by atoms with Crippen LogP contribution in [0.1, 0.15) is 15.9 Å². The van der Waals surface area contributed by atoms with Crippen LogP contribution in [0.3, 0.4) is 0 Å².